The Balaban J connectivity index is 2.27. The van der Waals surface area contributed by atoms with E-state index in [0.29, 0.717) is 5.70 Å². The van der Waals surface area contributed by atoms with Crippen LogP contribution in [0.2, 0.25) is 0 Å². The number of nitrogens with one attached hydrogen (secondary N) is 2. The molecule has 2 rings (SSSR count). The van der Waals surface area contributed by atoms with E-state index in [0.717, 1.165) is 5.56 Å². The first kappa shape index (κ1) is 9.79. The molecule has 1 amide bonds. The lowest BCUT2D eigenvalue weighted by Gasteiger charge is -1.95. The molecule has 2 N–H and O–H groups in total. The van der Waals surface area contributed by atoms with Gasteiger partial charge in [0, 0.05) is 0 Å². The van der Waals surface area contributed by atoms with E-state index in [1.807, 2.05) is 0 Å². The quantitative estimate of drug-likeness (QED) is 0.553. The number of carbonyl (C=O) groups is 1. The first-order valence-corrected chi connectivity index (χ1v) is 4.65. The zero-order valence-corrected chi connectivity index (χ0v) is 8.40. The predicted molar refractivity (Wildman–Crippen MR) is 58.3 cm³/mol. The van der Waals surface area contributed by atoms with E-state index >= 15 is 0 Å². The smallest absolute Gasteiger partial charge is 0.273 e. The molecular weight excluding hydrogens is 215 g/mol. The first-order valence-electron chi connectivity index (χ1n) is 4.25. The highest BCUT2D eigenvalue weighted by Crippen LogP contribution is 2.09. The second-order valence-electron chi connectivity index (χ2n) is 3.02. The van der Waals surface area contributed by atoms with E-state index in [4.69, 9.17) is 12.2 Å². The van der Waals surface area contributed by atoms with Gasteiger partial charge in [0.1, 0.15) is 11.5 Å². The van der Waals surface area contributed by atoms with Crippen molar-refractivity contribution in [3.05, 3.63) is 41.3 Å². The van der Waals surface area contributed by atoms with Crippen LogP contribution >= 0.6 is 12.2 Å². The SMILES string of the molecule is O=C1NC(=S)N/C1=C\c1ccc(F)cc1. The molecule has 0 aromatic heterocycles. The number of hydrogen-bond donors (Lipinski definition) is 2. The molecule has 1 fully saturated rings. The van der Waals surface area contributed by atoms with Crippen molar-refractivity contribution in [1.82, 2.24) is 10.6 Å². The molecule has 0 unspecified atom stereocenters. The van der Waals surface area contributed by atoms with Crippen molar-refractivity contribution in [1.29, 1.82) is 0 Å². The van der Waals surface area contributed by atoms with E-state index in [1.165, 1.54) is 12.1 Å². The van der Waals surface area contributed by atoms with Crippen LogP contribution in [0.4, 0.5) is 4.39 Å². The molecule has 1 heterocycles. The fraction of sp³-hybridized carbons (Fsp3) is 0. The van der Waals surface area contributed by atoms with Gasteiger partial charge in [0.05, 0.1) is 0 Å². The second-order valence-corrected chi connectivity index (χ2v) is 3.43. The molecule has 0 atom stereocenters. The van der Waals surface area contributed by atoms with Crippen LogP contribution < -0.4 is 10.6 Å². The van der Waals surface area contributed by atoms with Crippen molar-refractivity contribution >= 4 is 29.3 Å². The van der Waals surface area contributed by atoms with E-state index in [9.17, 15) is 9.18 Å². The normalized spacial score (nSPS) is 17.8. The number of thiocarbonyl (C=S) groups is 1. The Labute approximate surface area is 91.0 Å². The summed E-state index contributed by atoms with van der Waals surface area (Å²) < 4.78 is 12.6. The molecule has 1 aromatic rings. The number of benzene rings is 1. The van der Waals surface area contributed by atoms with Crippen LogP contribution in [0, 0.1) is 5.82 Å². The van der Waals surface area contributed by atoms with E-state index in [-0.39, 0.29) is 16.8 Å². The summed E-state index contributed by atoms with van der Waals surface area (Å²) >= 11 is 4.77. The Bertz CT molecular complexity index is 453. The molecule has 0 bridgehead atoms. The standard InChI is InChI=1S/C10H7FN2OS/c11-7-3-1-6(2-4-7)5-8-9(14)13-10(15)12-8/h1-5H,(H2,12,13,14,15)/b8-5-. The van der Waals surface area contributed by atoms with Gasteiger partial charge in [-0.25, -0.2) is 4.39 Å². The van der Waals surface area contributed by atoms with Crippen molar-refractivity contribution in [3.63, 3.8) is 0 Å². The van der Waals surface area contributed by atoms with Crippen molar-refractivity contribution in [2.45, 2.75) is 0 Å². The lowest BCUT2D eigenvalue weighted by atomic mass is 10.2. The summed E-state index contributed by atoms with van der Waals surface area (Å²) in [5.41, 5.74) is 1.10. The summed E-state index contributed by atoms with van der Waals surface area (Å²) in [6.45, 7) is 0. The summed E-state index contributed by atoms with van der Waals surface area (Å²) in [6, 6.07) is 5.83. The fourth-order valence-electron chi connectivity index (χ4n) is 1.21. The van der Waals surface area contributed by atoms with Gasteiger partial charge in [-0.05, 0) is 36.0 Å². The minimum atomic E-state index is -0.309. The van der Waals surface area contributed by atoms with Crippen LogP contribution in [-0.2, 0) is 4.79 Å². The van der Waals surface area contributed by atoms with Gasteiger partial charge in [-0.2, -0.15) is 0 Å². The molecule has 1 aliphatic rings. The highest BCUT2D eigenvalue weighted by atomic mass is 32.1. The molecule has 0 aliphatic carbocycles. The van der Waals surface area contributed by atoms with Crippen LogP contribution in [0.5, 0.6) is 0 Å². The maximum atomic E-state index is 12.6. The summed E-state index contributed by atoms with van der Waals surface area (Å²) in [6.07, 6.45) is 1.61. The fourth-order valence-corrected chi connectivity index (χ4v) is 1.41. The zero-order valence-electron chi connectivity index (χ0n) is 7.58. The second kappa shape index (κ2) is 3.78. The topological polar surface area (TPSA) is 41.1 Å². The van der Waals surface area contributed by atoms with Gasteiger partial charge in [-0.15, -0.1) is 0 Å². The Kier molecular flexibility index (Phi) is 2.47. The van der Waals surface area contributed by atoms with Gasteiger partial charge in [-0.3, -0.25) is 10.1 Å². The minimum absolute atomic E-state index is 0.274. The van der Waals surface area contributed by atoms with E-state index in [2.05, 4.69) is 10.6 Å². The highest BCUT2D eigenvalue weighted by molar-refractivity contribution is 7.80. The molecule has 0 spiro atoms. The van der Waals surface area contributed by atoms with Crippen LogP contribution in [0.3, 0.4) is 0 Å². The average molecular weight is 222 g/mol. The molecular formula is C10H7FN2OS. The summed E-state index contributed by atoms with van der Waals surface area (Å²) in [5.74, 6) is -0.583. The molecule has 0 saturated carbocycles. The van der Waals surface area contributed by atoms with Crippen molar-refractivity contribution < 1.29 is 9.18 Å². The lowest BCUT2D eigenvalue weighted by Crippen LogP contribution is -2.21. The van der Waals surface area contributed by atoms with Gasteiger partial charge in [0.15, 0.2) is 5.11 Å². The highest BCUT2D eigenvalue weighted by Gasteiger charge is 2.19. The molecule has 76 valence electrons. The first-order chi connectivity index (χ1) is 7.15. The third kappa shape index (κ3) is 2.19. The van der Waals surface area contributed by atoms with E-state index in [1.54, 1.807) is 18.2 Å². The van der Waals surface area contributed by atoms with Crippen molar-refractivity contribution in [2.24, 2.45) is 0 Å². The molecule has 0 radical (unpaired) electrons. The molecule has 3 nitrogen and oxygen atoms in total. The molecule has 5 heteroatoms. The minimum Gasteiger partial charge on any atom is -0.328 e. The number of carbonyl (C=O) groups excluding carboxylic acids is 1. The monoisotopic (exact) mass is 222 g/mol. The molecule has 1 aromatic carbocycles. The van der Waals surface area contributed by atoms with Gasteiger partial charge in [0.25, 0.3) is 5.91 Å². The van der Waals surface area contributed by atoms with Gasteiger partial charge in [0.2, 0.25) is 0 Å². The molecule has 1 saturated heterocycles. The number of hydrogen-bond acceptors (Lipinski definition) is 2. The average Bonchev–Trinajstić information content (AvgIpc) is 2.49. The predicted octanol–water partition coefficient (Wildman–Crippen LogP) is 1.17. The van der Waals surface area contributed by atoms with Crippen LogP contribution in [0.25, 0.3) is 6.08 Å². The zero-order chi connectivity index (χ0) is 10.8. The Morgan fingerprint density at radius 1 is 1.20 bits per heavy atom. The van der Waals surface area contributed by atoms with Crippen molar-refractivity contribution in [2.75, 3.05) is 0 Å². The summed E-state index contributed by atoms with van der Waals surface area (Å²) in [5, 5.41) is 5.43. The Morgan fingerprint density at radius 2 is 1.87 bits per heavy atom. The third-order valence-corrected chi connectivity index (χ3v) is 2.11. The van der Waals surface area contributed by atoms with Crippen LogP contribution in [0.1, 0.15) is 5.56 Å². The molecule has 1 aliphatic heterocycles. The Morgan fingerprint density at radius 3 is 2.40 bits per heavy atom. The maximum absolute atomic E-state index is 12.6. The number of halogens is 1. The van der Waals surface area contributed by atoms with Crippen molar-refractivity contribution in [3.8, 4) is 0 Å². The maximum Gasteiger partial charge on any atom is 0.273 e. The number of rotatable bonds is 1. The summed E-state index contributed by atoms with van der Waals surface area (Å²) in [4.78, 5) is 11.3. The number of amides is 1. The van der Waals surface area contributed by atoms with Crippen LogP contribution in [-0.4, -0.2) is 11.0 Å². The van der Waals surface area contributed by atoms with Gasteiger partial charge < -0.3 is 5.32 Å². The van der Waals surface area contributed by atoms with Gasteiger partial charge >= 0.3 is 0 Å². The largest absolute Gasteiger partial charge is 0.328 e. The van der Waals surface area contributed by atoms with E-state index < -0.39 is 0 Å². The lowest BCUT2D eigenvalue weighted by molar-refractivity contribution is -0.115. The van der Waals surface area contributed by atoms with Crippen LogP contribution in [0.15, 0.2) is 30.0 Å². The molecule has 15 heavy (non-hydrogen) atoms. The summed E-state index contributed by atoms with van der Waals surface area (Å²) in [7, 11) is 0. The van der Waals surface area contributed by atoms with Gasteiger partial charge in [-0.1, -0.05) is 12.1 Å². The third-order valence-electron chi connectivity index (χ3n) is 1.90. The Hall–Kier alpha value is -1.75.